The van der Waals surface area contributed by atoms with Crippen LogP contribution >= 0.6 is 0 Å². The van der Waals surface area contributed by atoms with Crippen molar-refractivity contribution < 1.29 is 4.79 Å². The van der Waals surface area contributed by atoms with Gasteiger partial charge >= 0.3 is 0 Å². The summed E-state index contributed by atoms with van der Waals surface area (Å²) < 4.78 is 0. The maximum Gasteiger partial charge on any atom is 0.254 e. The summed E-state index contributed by atoms with van der Waals surface area (Å²) in [5.74, 6) is -0.0491. The Kier molecular flexibility index (Phi) is 4.83. The number of piperidine rings is 1. The second-order valence-corrected chi connectivity index (χ2v) is 6.42. The summed E-state index contributed by atoms with van der Waals surface area (Å²) in [6.45, 7) is 7.09. The van der Waals surface area contributed by atoms with E-state index in [4.69, 9.17) is 0 Å². The summed E-state index contributed by atoms with van der Waals surface area (Å²) >= 11 is 0. The van der Waals surface area contributed by atoms with E-state index in [1.807, 2.05) is 20.0 Å². The van der Waals surface area contributed by atoms with Gasteiger partial charge in [-0.3, -0.25) is 9.78 Å². The molecular formula is C16H26N4O. The number of rotatable bonds is 4. The first-order valence-electron chi connectivity index (χ1n) is 7.55. The van der Waals surface area contributed by atoms with Gasteiger partial charge in [0.15, 0.2) is 0 Å². The third kappa shape index (κ3) is 3.94. The van der Waals surface area contributed by atoms with Crippen LogP contribution in [0.4, 0.5) is 5.69 Å². The summed E-state index contributed by atoms with van der Waals surface area (Å²) in [6, 6.07) is 1.90. The monoisotopic (exact) mass is 290 g/mol. The highest BCUT2D eigenvalue weighted by molar-refractivity contribution is 5.99. The Morgan fingerprint density at radius 2 is 2.10 bits per heavy atom. The van der Waals surface area contributed by atoms with Crippen molar-refractivity contribution in [1.82, 2.24) is 15.2 Å². The van der Waals surface area contributed by atoms with Crippen LogP contribution in [-0.2, 0) is 0 Å². The van der Waals surface area contributed by atoms with Crippen molar-refractivity contribution in [2.75, 3.05) is 39.0 Å². The van der Waals surface area contributed by atoms with Crippen LogP contribution in [0, 0.1) is 12.3 Å². The molecule has 1 aromatic rings. The van der Waals surface area contributed by atoms with Gasteiger partial charge in [-0.25, -0.2) is 0 Å². The molecule has 2 rings (SSSR count). The van der Waals surface area contributed by atoms with E-state index < -0.39 is 0 Å². The van der Waals surface area contributed by atoms with Crippen molar-refractivity contribution in [2.24, 2.45) is 5.41 Å². The molecule has 1 aliphatic rings. The third-order valence-corrected chi connectivity index (χ3v) is 4.42. The molecule has 0 atom stereocenters. The smallest absolute Gasteiger partial charge is 0.254 e. The minimum absolute atomic E-state index is 0.0491. The normalized spacial score (nSPS) is 18.3. The molecule has 21 heavy (non-hydrogen) atoms. The molecule has 0 spiro atoms. The summed E-state index contributed by atoms with van der Waals surface area (Å²) in [7, 11) is 3.97. The van der Waals surface area contributed by atoms with Crippen LogP contribution in [0.25, 0.3) is 0 Å². The fraction of sp³-hybridized carbons (Fsp3) is 0.625. The second kappa shape index (κ2) is 6.43. The molecular weight excluding hydrogens is 264 g/mol. The minimum atomic E-state index is -0.0491. The first-order chi connectivity index (χ1) is 9.93. The zero-order chi connectivity index (χ0) is 15.5. The molecule has 0 aromatic carbocycles. The van der Waals surface area contributed by atoms with Gasteiger partial charge in [0.25, 0.3) is 5.91 Å². The highest BCUT2D eigenvalue weighted by Crippen LogP contribution is 2.29. The number of nitrogens with one attached hydrogen (secondary N) is 2. The van der Waals surface area contributed by atoms with Gasteiger partial charge in [-0.05, 0) is 51.4 Å². The van der Waals surface area contributed by atoms with Gasteiger partial charge in [0, 0.05) is 25.5 Å². The van der Waals surface area contributed by atoms with Gasteiger partial charge in [-0.2, -0.15) is 0 Å². The quantitative estimate of drug-likeness (QED) is 0.889. The van der Waals surface area contributed by atoms with Crippen LogP contribution in [0.1, 0.15) is 35.8 Å². The molecule has 1 amide bonds. The highest BCUT2D eigenvalue weighted by atomic mass is 16.1. The molecule has 1 saturated heterocycles. The number of likely N-dealkylation sites (tertiary alicyclic amines) is 1. The lowest BCUT2D eigenvalue weighted by atomic mass is 9.80. The standard InChI is InChI=1S/C16H26N4O/c1-12-9-14(17-3)13(10-18-12)15(21)19-11-16(2)5-7-20(4)8-6-16/h9-10H,5-8,11H2,1-4H3,(H,17,18)(H,19,21). The van der Waals surface area contributed by atoms with E-state index in [-0.39, 0.29) is 11.3 Å². The number of carbonyl (C=O) groups excluding carboxylic acids is 1. The lowest BCUT2D eigenvalue weighted by molar-refractivity contribution is 0.0892. The van der Waals surface area contributed by atoms with Crippen molar-refractivity contribution >= 4 is 11.6 Å². The molecule has 0 bridgehead atoms. The Labute approximate surface area is 127 Å². The third-order valence-electron chi connectivity index (χ3n) is 4.42. The number of pyridine rings is 1. The van der Waals surface area contributed by atoms with E-state index in [0.717, 1.165) is 43.9 Å². The van der Waals surface area contributed by atoms with E-state index in [2.05, 4.69) is 34.5 Å². The SMILES string of the molecule is CNc1cc(C)ncc1C(=O)NCC1(C)CCN(C)CC1. The molecule has 0 saturated carbocycles. The zero-order valence-corrected chi connectivity index (χ0v) is 13.5. The zero-order valence-electron chi connectivity index (χ0n) is 13.5. The van der Waals surface area contributed by atoms with Crippen molar-refractivity contribution in [3.8, 4) is 0 Å². The molecule has 1 aliphatic heterocycles. The Morgan fingerprint density at radius 1 is 1.43 bits per heavy atom. The van der Waals surface area contributed by atoms with Crippen LogP contribution in [0.2, 0.25) is 0 Å². The fourth-order valence-corrected chi connectivity index (χ4v) is 2.67. The number of hydrogen-bond donors (Lipinski definition) is 2. The summed E-state index contributed by atoms with van der Waals surface area (Å²) in [5.41, 5.74) is 2.53. The topological polar surface area (TPSA) is 57.3 Å². The molecule has 0 unspecified atom stereocenters. The molecule has 5 nitrogen and oxygen atoms in total. The fourth-order valence-electron chi connectivity index (χ4n) is 2.67. The molecule has 1 fully saturated rings. The van der Waals surface area contributed by atoms with Crippen LogP contribution in [0.3, 0.4) is 0 Å². The largest absolute Gasteiger partial charge is 0.387 e. The van der Waals surface area contributed by atoms with Crippen molar-refractivity contribution in [3.63, 3.8) is 0 Å². The second-order valence-electron chi connectivity index (χ2n) is 6.42. The van der Waals surface area contributed by atoms with Crippen LogP contribution < -0.4 is 10.6 Å². The molecule has 0 aliphatic carbocycles. The number of aromatic nitrogens is 1. The Bertz CT molecular complexity index is 507. The number of aryl methyl sites for hydroxylation is 1. The number of hydrogen-bond acceptors (Lipinski definition) is 4. The first-order valence-corrected chi connectivity index (χ1v) is 7.55. The van der Waals surface area contributed by atoms with Crippen LogP contribution in [0.5, 0.6) is 0 Å². The Balaban J connectivity index is 1.99. The van der Waals surface area contributed by atoms with Crippen molar-refractivity contribution in [1.29, 1.82) is 0 Å². The Hall–Kier alpha value is -1.62. The molecule has 116 valence electrons. The average Bonchev–Trinajstić information content (AvgIpc) is 2.48. The maximum absolute atomic E-state index is 12.4. The molecule has 0 radical (unpaired) electrons. The average molecular weight is 290 g/mol. The molecule has 2 N–H and O–H groups in total. The number of carbonyl (C=O) groups is 1. The lowest BCUT2D eigenvalue weighted by Gasteiger charge is -2.38. The minimum Gasteiger partial charge on any atom is -0.387 e. The number of amides is 1. The number of nitrogens with zero attached hydrogens (tertiary/aromatic N) is 2. The Morgan fingerprint density at radius 3 is 2.71 bits per heavy atom. The van der Waals surface area contributed by atoms with Crippen molar-refractivity contribution in [2.45, 2.75) is 26.7 Å². The summed E-state index contributed by atoms with van der Waals surface area (Å²) in [4.78, 5) is 18.9. The van der Waals surface area contributed by atoms with Gasteiger partial charge in [0.2, 0.25) is 0 Å². The van der Waals surface area contributed by atoms with E-state index in [9.17, 15) is 4.79 Å². The highest BCUT2D eigenvalue weighted by Gasteiger charge is 2.29. The summed E-state index contributed by atoms with van der Waals surface area (Å²) in [6.07, 6.45) is 3.89. The van der Waals surface area contributed by atoms with E-state index in [1.165, 1.54) is 0 Å². The predicted octanol–water partition coefficient (Wildman–Crippen LogP) is 1.89. The van der Waals surface area contributed by atoms with Gasteiger partial charge in [0.05, 0.1) is 11.3 Å². The van der Waals surface area contributed by atoms with E-state index in [1.54, 1.807) is 6.20 Å². The van der Waals surface area contributed by atoms with Crippen LogP contribution in [0.15, 0.2) is 12.3 Å². The predicted molar refractivity (Wildman–Crippen MR) is 85.7 cm³/mol. The van der Waals surface area contributed by atoms with E-state index >= 15 is 0 Å². The van der Waals surface area contributed by atoms with Gasteiger partial charge in [-0.1, -0.05) is 6.92 Å². The maximum atomic E-state index is 12.4. The van der Waals surface area contributed by atoms with Crippen LogP contribution in [-0.4, -0.2) is 49.5 Å². The first kappa shape index (κ1) is 15.8. The molecule has 1 aromatic heterocycles. The number of anilines is 1. The lowest BCUT2D eigenvalue weighted by Crippen LogP contribution is -2.43. The molecule has 5 heteroatoms. The van der Waals surface area contributed by atoms with Crippen molar-refractivity contribution in [3.05, 3.63) is 23.5 Å². The van der Waals surface area contributed by atoms with E-state index in [0.29, 0.717) is 5.56 Å². The van der Waals surface area contributed by atoms with Gasteiger partial charge in [-0.15, -0.1) is 0 Å². The summed E-state index contributed by atoms with van der Waals surface area (Å²) in [5, 5.41) is 6.14. The molecule has 2 heterocycles. The van der Waals surface area contributed by atoms with Gasteiger partial charge in [0.1, 0.15) is 0 Å². The van der Waals surface area contributed by atoms with Gasteiger partial charge < -0.3 is 15.5 Å².